The molecule has 0 unspecified atom stereocenters. The molecule has 2 aromatic carbocycles. The van der Waals surface area contributed by atoms with E-state index in [1.807, 2.05) is 37.2 Å². The summed E-state index contributed by atoms with van der Waals surface area (Å²) in [4.78, 5) is 30.2. The molecule has 0 bridgehead atoms. The fraction of sp³-hybridized carbons (Fsp3) is 0.500. The lowest BCUT2D eigenvalue weighted by Gasteiger charge is -2.32. The van der Waals surface area contributed by atoms with Gasteiger partial charge in [-0.05, 0) is 54.7 Å². The fourth-order valence-corrected chi connectivity index (χ4v) is 6.11. The van der Waals surface area contributed by atoms with Crippen LogP contribution < -0.4 is 4.74 Å². The van der Waals surface area contributed by atoms with Gasteiger partial charge in [0.05, 0.1) is 12.5 Å². The molecular weight excluding hydrogens is 412 g/mol. The number of hydrogen-bond donors (Lipinski definition) is 0. The van der Waals surface area contributed by atoms with Crippen molar-refractivity contribution in [1.82, 2.24) is 9.80 Å². The quantitative estimate of drug-likeness (QED) is 0.661. The second-order valence-corrected chi connectivity index (χ2v) is 10.5. The maximum absolute atomic E-state index is 13.4. The molecule has 2 saturated carbocycles. The van der Waals surface area contributed by atoms with Crippen LogP contribution >= 0.6 is 0 Å². The molecule has 2 amide bonds. The molecule has 1 heterocycles. The van der Waals surface area contributed by atoms with Gasteiger partial charge in [-0.15, -0.1) is 0 Å². The lowest BCUT2D eigenvalue weighted by Crippen LogP contribution is -2.45. The van der Waals surface area contributed by atoms with E-state index in [0.717, 1.165) is 35.3 Å². The number of carbonyl (C=O) groups is 2. The third-order valence-corrected chi connectivity index (χ3v) is 8.28. The lowest BCUT2D eigenvalue weighted by molar-refractivity contribution is -0.140. The zero-order chi connectivity index (χ0) is 23.2. The molecule has 5 nitrogen and oxygen atoms in total. The van der Waals surface area contributed by atoms with E-state index in [4.69, 9.17) is 4.74 Å². The standard InChI is InChI=1S/C28H34N2O3/c1-29(2)26(32)28(15-16-30(19-28)25(31)23-18-27(23)13-6-14-27)17-20-9-11-21(12-10-20)22-7-4-5-8-24(22)33-3/h4-5,7-12,23H,6,13-19H2,1-3H3/t23-,28-/m1/s1. The maximum Gasteiger partial charge on any atom is 0.230 e. The first-order valence-corrected chi connectivity index (χ1v) is 12.1. The number of ether oxygens (including phenoxy) is 1. The molecule has 0 N–H and O–H groups in total. The molecule has 33 heavy (non-hydrogen) atoms. The predicted octanol–water partition coefficient (Wildman–Crippen LogP) is 4.40. The van der Waals surface area contributed by atoms with Crippen LogP contribution in [0.2, 0.25) is 0 Å². The normalized spacial score (nSPS) is 24.9. The third-order valence-electron chi connectivity index (χ3n) is 8.28. The Labute approximate surface area is 196 Å². The van der Waals surface area contributed by atoms with Crippen molar-refractivity contribution in [2.75, 3.05) is 34.3 Å². The number of benzene rings is 2. The SMILES string of the molecule is COc1ccccc1-c1ccc(C[C@]2(C(=O)N(C)C)CCN(C(=O)[C@H]3CC34CCC4)C2)cc1. The smallest absolute Gasteiger partial charge is 0.230 e. The number of rotatable bonds is 6. The third kappa shape index (κ3) is 3.81. The molecule has 2 aliphatic carbocycles. The van der Waals surface area contributed by atoms with E-state index in [9.17, 15) is 9.59 Å². The lowest BCUT2D eigenvalue weighted by atomic mass is 9.79. The van der Waals surface area contributed by atoms with Gasteiger partial charge in [0.25, 0.3) is 0 Å². The van der Waals surface area contributed by atoms with Crippen LogP contribution in [0.3, 0.4) is 0 Å². The van der Waals surface area contributed by atoms with Gasteiger partial charge in [0.1, 0.15) is 5.75 Å². The highest BCUT2D eigenvalue weighted by Gasteiger charge is 2.62. The number of hydrogen-bond acceptors (Lipinski definition) is 3. The van der Waals surface area contributed by atoms with Crippen molar-refractivity contribution in [1.29, 1.82) is 0 Å². The molecule has 2 aromatic rings. The molecule has 1 spiro atoms. The first-order valence-electron chi connectivity index (χ1n) is 12.1. The first kappa shape index (κ1) is 22.0. The highest BCUT2D eigenvalue weighted by atomic mass is 16.5. The zero-order valence-corrected chi connectivity index (χ0v) is 20.0. The Balaban J connectivity index is 1.34. The Bertz CT molecular complexity index is 1060. The largest absolute Gasteiger partial charge is 0.496 e. The molecule has 1 saturated heterocycles. The highest BCUT2D eigenvalue weighted by Crippen LogP contribution is 2.66. The summed E-state index contributed by atoms with van der Waals surface area (Å²) < 4.78 is 5.51. The molecule has 1 aliphatic heterocycles. The van der Waals surface area contributed by atoms with Crippen LogP contribution in [-0.2, 0) is 16.0 Å². The van der Waals surface area contributed by atoms with Gasteiger partial charge in [-0.25, -0.2) is 0 Å². The predicted molar refractivity (Wildman–Crippen MR) is 129 cm³/mol. The van der Waals surface area contributed by atoms with E-state index in [1.54, 1.807) is 12.0 Å². The Hall–Kier alpha value is -2.82. The topological polar surface area (TPSA) is 49.9 Å². The van der Waals surface area contributed by atoms with Crippen LogP contribution in [0.25, 0.3) is 11.1 Å². The summed E-state index contributed by atoms with van der Waals surface area (Å²) in [6.07, 6.45) is 6.10. The Kier molecular flexibility index (Phi) is 5.46. The number of amides is 2. The van der Waals surface area contributed by atoms with Gasteiger partial charge in [-0.1, -0.05) is 48.9 Å². The minimum atomic E-state index is -0.549. The molecule has 174 valence electrons. The second kappa shape index (κ2) is 8.19. The van der Waals surface area contributed by atoms with Crippen molar-refractivity contribution in [2.45, 2.75) is 38.5 Å². The summed E-state index contributed by atoms with van der Waals surface area (Å²) >= 11 is 0. The summed E-state index contributed by atoms with van der Waals surface area (Å²) in [6.45, 7) is 1.22. The van der Waals surface area contributed by atoms with Gasteiger partial charge < -0.3 is 14.5 Å². The Morgan fingerprint density at radius 3 is 2.39 bits per heavy atom. The van der Waals surface area contributed by atoms with Gasteiger partial charge in [0.15, 0.2) is 0 Å². The van der Waals surface area contributed by atoms with E-state index in [0.29, 0.717) is 24.9 Å². The van der Waals surface area contributed by atoms with E-state index in [2.05, 4.69) is 30.3 Å². The summed E-state index contributed by atoms with van der Waals surface area (Å²) in [5.41, 5.74) is 3.04. The van der Waals surface area contributed by atoms with Crippen molar-refractivity contribution < 1.29 is 14.3 Å². The summed E-state index contributed by atoms with van der Waals surface area (Å²) in [7, 11) is 5.33. The van der Waals surface area contributed by atoms with Crippen LogP contribution in [0, 0.1) is 16.7 Å². The van der Waals surface area contributed by atoms with Gasteiger partial charge in [0, 0.05) is 38.7 Å². The highest BCUT2D eigenvalue weighted by molar-refractivity contribution is 5.87. The van der Waals surface area contributed by atoms with E-state index < -0.39 is 5.41 Å². The molecule has 5 rings (SSSR count). The van der Waals surface area contributed by atoms with Crippen molar-refractivity contribution in [3.8, 4) is 16.9 Å². The number of carbonyl (C=O) groups excluding carboxylic acids is 2. The number of nitrogens with zero attached hydrogens (tertiary/aromatic N) is 2. The molecule has 5 heteroatoms. The van der Waals surface area contributed by atoms with Crippen molar-refractivity contribution in [3.05, 3.63) is 54.1 Å². The molecule has 2 atom stereocenters. The monoisotopic (exact) mass is 446 g/mol. The van der Waals surface area contributed by atoms with E-state index in [1.165, 1.54) is 19.3 Å². The molecule has 3 fully saturated rings. The summed E-state index contributed by atoms with van der Waals surface area (Å²) in [5, 5.41) is 0. The summed E-state index contributed by atoms with van der Waals surface area (Å²) in [6, 6.07) is 16.4. The van der Waals surface area contributed by atoms with Crippen molar-refractivity contribution >= 4 is 11.8 Å². The molecule has 3 aliphatic rings. The van der Waals surface area contributed by atoms with Crippen molar-refractivity contribution in [3.63, 3.8) is 0 Å². The average molecular weight is 447 g/mol. The zero-order valence-electron chi connectivity index (χ0n) is 20.0. The van der Waals surface area contributed by atoms with Crippen LogP contribution in [-0.4, -0.2) is 55.9 Å². The van der Waals surface area contributed by atoms with Crippen LogP contribution in [0.4, 0.5) is 0 Å². The molecular formula is C28H34N2O3. The number of para-hydroxylation sites is 1. The Morgan fingerprint density at radius 2 is 1.79 bits per heavy atom. The van der Waals surface area contributed by atoms with E-state index >= 15 is 0 Å². The van der Waals surface area contributed by atoms with Crippen LogP contribution in [0.1, 0.15) is 37.7 Å². The number of methoxy groups -OCH3 is 1. The Morgan fingerprint density at radius 1 is 1.06 bits per heavy atom. The second-order valence-electron chi connectivity index (χ2n) is 10.5. The molecule has 0 aromatic heterocycles. The minimum Gasteiger partial charge on any atom is -0.496 e. The van der Waals surface area contributed by atoms with Gasteiger partial charge in [0.2, 0.25) is 11.8 Å². The van der Waals surface area contributed by atoms with Crippen LogP contribution in [0.5, 0.6) is 5.75 Å². The fourth-order valence-electron chi connectivity index (χ4n) is 6.11. The van der Waals surface area contributed by atoms with Gasteiger partial charge in [-0.2, -0.15) is 0 Å². The first-order chi connectivity index (χ1) is 15.9. The number of likely N-dealkylation sites (tertiary alicyclic amines) is 1. The van der Waals surface area contributed by atoms with Crippen molar-refractivity contribution in [2.24, 2.45) is 16.7 Å². The van der Waals surface area contributed by atoms with E-state index in [-0.39, 0.29) is 17.7 Å². The van der Waals surface area contributed by atoms with Gasteiger partial charge in [-0.3, -0.25) is 9.59 Å². The van der Waals surface area contributed by atoms with Gasteiger partial charge >= 0.3 is 0 Å². The minimum absolute atomic E-state index is 0.126. The summed E-state index contributed by atoms with van der Waals surface area (Å²) in [5.74, 6) is 1.46. The average Bonchev–Trinajstić information content (AvgIpc) is 3.45. The van der Waals surface area contributed by atoms with Crippen LogP contribution in [0.15, 0.2) is 48.5 Å². The maximum atomic E-state index is 13.4. The molecule has 0 radical (unpaired) electrons.